The van der Waals surface area contributed by atoms with Gasteiger partial charge in [0.15, 0.2) is 6.61 Å². The van der Waals surface area contributed by atoms with E-state index in [-0.39, 0.29) is 18.4 Å². The van der Waals surface area contributed by atoms with Crippen molar-refractivity contribution in [3.8, 4) is 5.75 Å². The number of carbonyl (C=O) groups excluding carboxylic acids is 2. The Labute approximate surface area is 181 Å². The van der Waals surface area contributed by atoms with Crippen molar-refractivity contribution in [1.82, 2.24) is 9.80 Å². The Morgan fingerprint density at radius 3 is 2.82 bits per heavy atom. The molecule has 1 aromatic rings. The van der Waals surface area contributed by atoms with E-state index in [1.165, 1.54) is 16.7 Å². The number of hydrogen-bond acceptors (Lipinski definition) is 6. The Kier molecular flexibility index (Phi) is 7.28. The zero-order chi connectivity index (χ0) is 20.1. The molecule has 0 aromatic heterocycles. The first kappa shape index (κ1) is 21.0. The molecule has 0 unspecified atom stereocenters. The molecule has 3 rings (SSSR count). The number of carbonyl (C=O) groups is 2. The van der Waals surface area contributed by atoms with E-state index in [1.807, 2.05) is 12.1 Å². The smallest absolute Gasteiger partial charge is 0.266 e. The number of rotatable bonds is 6. The number of thiocarbonyl (C=S) groups is 1. The number of amides is 2. The normalized spacial score (nSPS) is 18.7. The van der Waals surface area contributed by atoms with Gasteiger partial charge in [0.05, 0.1) is 22.6 Å². The fourth-order valence-electron chi connectivity index (χ4n) is 2.71. The number of morpholine rings is 1. The minimum absolute atomic E-state index is 0.0296. The zero-order valence-corrected chi connectivity index (χ0v) is 18.3. The van der Waals surface area contributed by atoms with E-state index in [2.05, 4.69) is 22.5 Å². The van der Waals surface area contributed by atoms with E-state index >= 15 is 0 Å². The summed E-state index contributed by atoms with van der Waals surface area (Å²) in [5.74, 6) is 0.380. The summed E-state index contributed by atoms with van der Waals surface area (Å²) in [6.07, 6.45) is 3.43. The van der Waals surface area contributed by atoms with Gasteiger partial charge < -0.3 is 14.4 Å². The van der Waals surface area contributed by atoms with Crippen LogP contribution in [0.15, 0.2) is 40.2 Å². The Bertz CT molecular complexity index is 837. The van der Waals surface area contributed by atoms with E-state index in [9.17, 15) is 9.59 Å². The molecule has 2 fully saturated rings. The second kappa shape index (κ2) is 9.69. The number of nitrogens with zero attached hydrogens (tertiary/aromatic N) is 2. The lowest BCUT2D eigenvalue weighted by Crippen LogP contribution is -2.43. The fourth-order valence-corrected chi connectivity index (χ4v) is 4.49. The molecule has 0 bridgehead atoms. The maximum absolute atomic E-state index is 12.4. The van der Waals surface area contributed by atoms with Crippen LogP contribution in [0.4, 0.5) is 0 Å². The lowest BCUT2D eigenvalue weighted by atomic mass is 10.2. The van der Waals surface area contributed by atoms with Crippen molar-refractivity contribution in [2.75, 3.05) is 39.5 Å². The third-order valence-corrected chi connectivity index (χ3v) is 6.15. The van der Waals surface area contributed by atoms with Gasteiger partial charge in [-0.25, -0.2) is 0 Å². The van der Waals surface area contributed by atoms with Gasteiger partial charge >= 0.3 is 0 Å². The van der Waals surface area contributed by atoms with Crippen molar-refractivity contribution in [2.24, 2.45) is 0 Å². The van der Waals surface area contributed by atoms with E-state index < -0.39 is 0 Å². The van der Waals surface area contributed by atoms with Crippen LogP contribution in [0, 0.1) is 0 Å². The van der Waals surface area contributed by atoms with Crippen LogP contribution >= 0.6 is 39.9 Å². The maximum Gasteiger partial charge on any atom is 0.266 e. The zero-order valence-electron chi connectivity index (χ0n) is 15.1. The summed E-state index contributed by atoms with van der Waals surface area (Å²) in [6.45, 7) is 6.31. The monoisotopic (exact) mass is 482 g/mol. The van der Waals surface area contributed by atoms with E-state index in [1.54, 1.807) is 23.1 Å². The molecule has 2 aliphatic heterocycles. The third-order valence-electron chi connectivity index (χ3n) is 4.15. The molecule has 148 valence electrons. The van der Waals surface area contributed by atoms with Gasteiger partial charge in [0.1, 0.15) is 10.1 Å². The molecular weight excluding hydrogens is 464 g/mol. The van der Waals surface area contributed by atoms with Crippen LogP contribution in [0.5, 0.6) is 5.75 Å². The van der Waals surface area contributed by atoms with Gasteiger partial charge in [0.2, 0.25) is 0 Å². The number of benzene rings is 1. The fraction of sp³-hybridized carbons (Fsp3) is 0.316. The average molecular weight is 483 g/mol. The second-order valence-corrected chi connectivity index (χ2v) is 8.58. The first-order chi connectivity index (χ1) is 13.5. The molecule has 0 aliphatic carbocycles. The topological polar surface area (TPSA) is 59.1 Å². The van der Waals surface area contributed by atoms with Gasteiger partial charge in [-0.2, -0.15) is 0 Å². The van der Waals surface area contributed by atoms with Crippen LogP contribution in [-0.4, -0.2) is 65.4 Å². The number of thioether (sulfide) groups is 1. The molecule has 2 amide bonds. The van der Waals surface area contributed by atoms with Gasteiger partial charge in [-0.3, -0.25) is 14.5 Å². The minimum atomic E-state index is -0.123. The van der Waals surface area contributed by atoms with Gasteiger partial charge in [-0.15, -0.1) is 6.58 Å². The Balaban J connectivity index is 1.64. The first-order valence-corrected chi connectivity index (χ1v) is 10.7. The van der Waals surface area contributed by atoms with Crippen LogP contribution < -0.4 is 4.74 Å². The minimum Gasteiger partial charge on any atom is -0.483 e. The molecule has 2 heterocycles. The Morgan fingerprint density at radius 2 is 2.14 bits per heavy atom. The van der Waals surface area contributed by atoms with Crippen molar-refractivity contribution < 1.29 is 19.1 Å². The first-order valence-electron chi connectivity index (χ1n) is 8.63. The summed E-state index contributed by atoms with van der Waals surface area (Å²) >= 11 is 9.98. The number of halogens is 1. The SMILES string of the molecule is C=CCN1C(=O)/C(=C/c2ccc(OCC(=O)N3CCOCC3)c(Br)c2)SC1=S. The Morgan fingerprint density at radius 1 is 1.39 bits per heavy atom. The van der Waals surface area contributed by atoms with E-state index in [4.69, 9.17) is 21.7 Å². The summed E-state index contributed by atoms with van der Waals surface area (Å²) in [6, 6.07) is 5.45. The standard InChI is InChI=1S/C19H19BrN2O4S2/c1-2-5-22-18(24)16(28-19(22)27)11-13-3-4-15(14(20)10-13)26-12-17(23)21-6-8-25-9-7-21/h2-4,10-11H,1,5-9,12H2/b16-11-. The molecular formula is C19H19BrN2O4S2. The highest BCUT2D eigenvalue weighted by Gasteiger charge is 2.31. The largest absolute Gasteiger partial charge is 0.483 e. The van der Waals surface area contributed by atoms with Crippen molar-refractivity contribution in [1.29, 1.82) is 0 Å². The van der Waals surface area contributed by atoms with Crippen molar-refractivity contribution in [2.45, 2.75) is 0 Å². The van der Waals surface area contributed by atoms with Crippen LogP contribution in [0.3, 0.4) is 0 Å². The van der Waals surface area contributed by atoms with Gasteiger partial charge in [-0.05, 0) is 39.7 Å². The van der Waals surface area contributed by atoms with Crippen molar-refractivity contribution in [3.63, 3.8) is 0 Å². The summed E-state index contributed by atoms with van der Waals surface area (Å²) < 4.78 is 12.1. The van der Waals surface area contributed by atoms with Crippen LogP contribution in [0.25, 0.3) is 6.08 Å². The Hall–Kier alpha value is -1.68. The summed E-state index contributed by atoms with van der Waals surface area (Å²) in [5.41, 5.74) is 0.831. The quantitative estimate of drug-likeness (QED) is 0.352. The molecule has 0 radical (unpaired) electrons. The van der Waals surface area contributed by atoms with Gasteiger partial charge in [-0.1, -0.05) is 36.1 Å². The summed E-state index contributed by atoms with van der Waals surface area (Å²) in [7, 11) is 0. The molecule has 28 heavy (non-hydrogen) atoms. The molecule has 9 heteroatoms. The highest BCUT2D eigenvalue weighted by molar-refractivity contribution is 9.10. The van der Waals surface area contributed by atoms with E-state index in [0.29, 0.717) is 52.3 Å². The molecule has 1 aromatic carbocycles. The van der Waals surface area contributed by atoms with Crippen molar-refractivity contribution >= 4 is 62.1 Å². The number of ether oxygens (including phenoxy) is 2. The second-order valence-electron chi connectivity index (χ2n) is 6.05. The predicted molar refractivity (Wildman–Crippen MR) is 117 cm³/mol. The molecule has 0 atom stereocenters. The summed E-state index contributed by atoms with van der Waals surface area (Å²) in [4.78, 5) is 28.4. The highest BCUT2D eigenvalue weighted by Crippen LogP contribution is 2.34. The average Bonchev–Trinajstić information content (AvgIpc) is 2.95. The molecule has 2 saturated heterocycles. The van der Waals surface area contributed by atoms with Crippen LogP contribution in [-0.2, 0) is 14.3 Å². The molecule has 0 saturated carbocycles. The lowest BCUT2D eigenvalue weighted by molar-refractivity contribution is -0.137. The predicted octanol–water partition coefficient (Wildman–Crippen LogP) is 3.07. The maximum atomic E-state index is 12.4. The third kappa shape index (κ3) is 5.02. The van der Waals surface area contributed by atoms with Crippen molar-refractivity contribution in [3.05, 3.63) is 45.8 Å². The van der Waals surface area contributed by atoms with Crippen LogP contribution in [0.2, 0.25) is 0 Å². The molecule has 2 aliphatic rings. The van der Waals surface area contributed by atoms with Gasteiger partial charge in [0.25, 0.3) is 11.8 Å². The number of hydrogen-bond donors (Lipinski definition) is 0. The molecule has 0 spiro atoms. The van der Waals surface area contributed by atoms with E-state index in [0.717, 1.165) is 5.56 Å². The van der Waals surface area contributed by atoms with Gasteiger partial charge in [0, 0.05) is 19.6 Å². The molecule has 0 N–H and O–H groups in total. The highest BCUT2D eigenvalue weighted by atomic mass is 79.9. The molecule has 6 nitrogen and oxygen atoms in total. The summed E-state index contributed by atoms with van der Waals surface area (Å²) in [5, 5.41) is 0. The van der Waals surface area contributed by atoms with Crippen LogP contribution in [0.1, 0.15) is 5.56 Å². The lowest BCUT2D eigenvalue weighted by Gasteiger charge is -2.26.